The zero-order chi connectivity index (χ0) is 30.2. The van der Waals surface area contributed by atoms with Crippen molar-refractivity contribution in [3.63, 3.8) is 0 Å². The number of fused-ring (bicyclic) bond motifs is 9. The summed E-state index contributed by atoms with van der Waals surface area (Å²) >= 11 is 1.75. The van der Waals surface area contributed by atoms with Crippen LogP contribution in [0.15, 0.2) is 154 Å². The molecule has 0 saturated carbocycles. The van der Waals surface area contributed by atoms with Gasteiger partial charge in [-0.15, -0.1) is 11.3 Å². The molecular formula is C41H24N2O2S. The topological polar surface area (TPSA) is 42.4 Å². The molecule has 4 nitrogen and oxygen atoms in total. The third-order valence-electron chi connectivity index (χ3n) is 8.87. The molecule has 0 fully saturated rings. The van der Waals surface area contributed by atoms with Crippen molar-refractivity contribution in [3.05, 3.63) is 146 Å². The monoisotopic (exact) mass is 608 g/mol. The first-order chi connectivity index (χ1) is 22.8. The fraction of sp³-hybridized carbons (Fsp3) is 0. The molecule has 0 bridgehead atoms. The van der Waals surface area contributed by atoms with Crippen LogP contribution < -0.4 is 4.90 Å². The lowest BCUT2D eigenvalue weighted by molar-refractivity contribution is 0.668. The van der Waals surface area contributed by atoms with E-state index in [1.54, 1.807) is 11.3 Å². The summed E-state index contributed by atoms with van der Waals surface area (Å²) in [6.45, 7) is 0. The summed E-state index contributed by atoms with van der Waals surface area (Å²) in [5.74, 6) is 0. The lowest BCUT2D eigenvalue weighted by atomic mass is 10.1. The zero-order valence-electron chi connectivity index (χ0n) is 24.5. The van der Waals surface area contributed by atoms with Gasteiger partial charge < -0.3 is 13.7 Å². The van der Waals surface area contributed by atoms with Gasteiger partial charge in [-0.25, -0.2) is 4.98 Å². The van der Waals surface area contributed by atoms with Crippen molar-refractivity contribution >= 4 is 93.3 Å². The van der Waals surface area contributed by atoms with E-state index in [0.717, 1.165) is 82.4 Å². The quantitative estimate of drug-likeness (QED) is 0.199. The second-order valence-corrected chi connectivity index (χ2v) is 12.6. The maximum Gasteiger partial charge on any atom is 0.137 e. The molecule has 5 heteroatoms. The summed E-state index contributed by atoms with van der Waals surface area (Å²) in [5, 5.41) is 7.82. The van der Waals surface area contributed by atoms with Crippen LogP contribution in [0, 0.1) is 0 Å². The number of para-hydroxylation sites is 2. The maximum atomic E-state index is 6.34. The van der Waals surface area contributed by atoms with Crippen LogP contribution in [0.2, 0.25) is 0 Å². The van der Waals surface area contributed by atoms with Crippen molar-refractivity contribution in [1.82, 2.24) is 4.98 Å². The largest absolute Gasteiger partial charge is 0.456 e. The summed E-state index contributed by atoms with van der Waals surface area (Å²) in [6.07, 6.45) is 0. The molecule has 7 aromatic carbocycles. The summed E-state index contributed by atoms with van der Waals surface area (Å²) in [6, 6.07) is 50.8. The first-order valence-electron chi connectivity index (χ1n) is 15.3. The van der Waals surface area contributed by atoms with Gasteiger partial charge in [0.1, 0.15) is 27.3 Å². The van der Waals surface area contributed by atoms with Crippen molar-refractivity contribution < 1.29 is 8.83 Å². The van der Waals surface area contributed by atoms with Crippen molar-refractivity contribution in [2.24, 2.45) is 0 Å². The van der Waals surface area contributed by atoms with Crippen LogP contribution >= 0.6 is 11.3 Å². The normalized spacial score (nSPS) is 11.9. The third kappa shape index (κ3) is 3.89. The molecule has 0 atom stereocenters. The average molecular weight is 609 g/mol. The Bertz CT molecular complexity index is 2770. The van der Waals surface area contributed by atoms with E-state index in [0.29, 0.717) is 0 Å². The Morgan fingerprint density at radius 3 is 1.89 bits per heavy atom. The van der Waals surface area contributed by atoms with Gasteiger partial charge in [-0.05, 0) is 66.0 Å². The van der Waals surface area contributed by atoms with Crippen LogP contribution in [0.5, 0.6) is 0 Å². The Kier molecular flexibility index (Phi) is 5.41. The van der Waals surface area contributed by atoms with Gasteiger partial charge in [-0.2, -0.15) is 0 Å². The lowest BCUT2D eigenvalue weighted by Gasteiger charge is -2.26. The first-order valence-corrected chi connectivity index (χ1v) is 16.1. The SMILES string of the molecule is c1ccc(-c2nc3ccc4cc(N(c5ccc6c(c5)oc5ccccc56)c5ccc6oc7ccccc7c6c5)ccc4c3s2)cc1. The van der Waals surface area contributed by atoms with Gasteiger partial charge in [-0.1, -0.05) is 78.9 Å². The molecule has 0 amide bonds. The molecule has 10 rings (SSSR count). The summed E-state index contributed by atoms with van der Waals surface area (Å²) < 4.78 is 13.7. The number of benzene rings is 7. The minimum absolute atomic E-state index is 0.860. The van der Waals surface area contributed by atoms with Crippen LogP contribution in [0.4, 0.5) is 17.1 Å². The third-order valence-corrected chi connectivity index (χ3v) is 10.0. The second kappa shape index (κ2) is 9.80. The Hall–Kier alpha value is -5.91. The molecule has 0 aliphatic carbocycles. The average Bonchev–Trinajstić information content (AvgIpc) is 3.82. The van der Waals surface area contributed by atoms with E-state index in [-0.39, 0.29) is 0 Å². The van der Waals surface area contributed by atoms with E-state index in [2.05, 4.69) is 120 Å². The minimum Gasteiger partial charge on any atom is -0.456 e. The van der Waals surface area contributed by atoms with Gasteiger partial charge in [-0.3, -0.25) is 0 Å². The first kappa shape index (κ1) is 25.4. The smallest absolute Gasteiger partial charge is 0.137 e. The molecule has 216 valence electrons. The number of hydrogen-bond acceptors (Lipinski definition) is 5. The lowest BCUT2D eigenvalue weighted by Crippen LogP contribution is -2.09. The van der Waals surface area contributed by atoms with Gasteiger partial charge in [0.25, 0.3) is 0 Å². The van der Waals surface area contributed by atoms with Crippen molar-refractivity contribution in [2.45, 2.75) is 0 Å². The summed E-state index contributed by atoms with van der Waals surface area (Å²) in [7, 11) is 0. The Morgan fingerprint density at radius 1 is 0.457 bits per heavy atom. The number of hydrogen-bond donors (Lipinski definition) is 0. The Morgan fingerprint density at radius 2 is 1.07 bits per heavy atom. The highest BCUT2D eigenvalue weighted by molar-refractivity contribution is 7.22. The van der Waals surface area contributed by atoms with Gasteiger partial charge in [0.2, 0.25) is 0 Å². The van der Waals surface area contributed by atoms with E-state index >= 15 is 0 Å². The van der Waals surface area contributed by atoms with E-state index in [4.69, 9.17) is 13.8 Å². The number of aromatic nitrogens is 1. The van der Waals surface area contributed by atoms with E-state index in [1.165, 1.54) is 10.1 Å². The zero-order valence-corrected chi connectivity index (χ0v) is 25.3. The van der Waals surface area contributed by atoms with Crippen LogP contribution in [0.25, 0.3) is 75.4 Å². The molecule has 0 saturated heterocycles. The fourth-order valence-corrected chi connectivity index (χ4v) is 7.80. The van der Waals surface area contributed by atoms with Crippen molar-refractivity contribution in [3.8, 4) is 10.6 Å². The van der Waals surface area contributed by atoms with Gasteiger partial charge in [0.05, 0.1) is 10.2 Å². The molecule has 0 radical (unpaired) electrons. The summed E-state index contributed by atoms with van der Waals surface area (Å²) in [5.41, 5.74) is 8.79. The fourth-order valence-electron chi connectivity index (χ4n) is 6.70. The van der Waals surface area contributed by atoms with Crippen LogP contribution in [0.3, 0.4) is 0 Å². The molecule has 0 unspecified atom stereocenters. The predicted octanol–water partition coefficient (Wildman–Crippen LogP) is 12.4. The highest BCUT2D eigenvalue weighted by atomic mass is 32.1. The number of anilines is 3. The highest BCUT2D eigenvalue weighted by Crippen LogP contribution is 2.43. The van der Waals surface area contributed by atoms with E-state index in [9.17, 15) is 0 Å². The molecule has 3 aromatic heterocycles. The van der Waals surface area contributed by atoms with Crippen LogP contribution in [-0.2, 0) is 0 Å². The molecule has 10 aromatic rings. The highest BCUT2D eigenvalue weighted by Gasteiger charge is 2.19. The molecule has 0 aliphatic rings. The van der Waals surface area contributed by atoms with E-state index in [1.807, 2.05) is 30.3 Å². The van der Waals surface area contributed by atoms with Crippen LogP contribution in [0.1, 0.15) is 0 Å². The van der Waals surface area contributed by atoms with Crippen molar-refractivity contribution in [1.29, 1.82) is 0 Å². The van der Waals surface area contributed by atoms with E-state index < -0.39 is 0 Å². The second-order valence-electron chi connectivity index (χ2n) is 11.6. The standard InChI is InChI=1S/C41H24N2O2S/c1-2-8-25(9-3-1)41-42-35-20-14-26-22-27(15-18-30(26)40(35)46-41)43(28-17-21-38-34(23-28)32-11-5-7-13-37(32)44-38)29-16-19-33-31-10-4-6-12-36(31)45-39(33)24-29/h1-24H. The van der Waals surface area contributed by atoms with Gasteiger partial charge in [0.15, 0.2) is 0 Å². The van der Waals surface area contributed by atoms with Crippen LogP contribution in [-0.4, -0.2) is 4.98 Å². The number of thiazole rings is 1. The minimum atomic E-state index is 0.860. The molecule has 3 heterocycles. The van der Waals surface area contributed by atoms with Crippen molar-refractivity contribution in [2.75, 3.05) is 4.90 Å². The molecule has 0 spiro atoms. The molecule has 0 N–H and O–H groups in total. The predicted molar refractivity (Wildman–Crippen MR) is 192 cm³/mol. The van der Waals surface area contributed by atoms with Gasteiger partial charge in [0, 0.05) is 55.6 Å². The molecule has 46 heavy (non-hydrogen) atoms. The summed E-state index contributed by atoms with van der Waals surface area (Å²) in [4.78, 5) is 7.28. The maximum absolute atomic E-state index is 6.34. The molecule has 0 aliphatic heterocycles. The Balaban J connectivity index is 1.18. The number of nitrogens with zero attached hydrogens (tertiary/aromatic N) is 2. The van der Waals surface area contributed by atoms with Gasteiger partial charge >= 0.3 is 0 Å². The number of furan rings is 2. The Labute approximate surface area is 267 Å². The number of rotatable bonds is 4. The molecular weight excluding hydrogens is 585 g/mol.